The first-order valence-electron chi connectivity index (χ1n) is 4.57. The van der Waals surface area contributed by atoms with Crippen LogP contribution in [0.2, 0.25) is 0 Å². The van der Waals surface area contributed by atoms with E-state index in [-0.39, 0.29) is 0 Å². The number of fused-ring (bicyclic) bond motifs is 1. The summed E-state index contributed by atoms with van der Waals surface area (Å²) in [5.74, 6) is 1.12. The van der Waals surface area contributed by atoms with Crippen LogP contribution in [-0.2, 0) is 0 Å². The smallest absolute Gasteiger partial charge is 0.00771 e. The van der Waals surface area contributed by atoms with E-state index in [4.69, 9.17) is 5.73 Å². The zero-order valence-electron chi connectivity index (χ0n) is 6.60. The van der Waals surface area contributed by atoms with Crippen LogP contribution in [-0.4, -0.2) is 6.54 Å². The lowest BCUT2D eigenvalue weighted by molar-refractivity contribution is 0.433. The highest BCUT2D eigenvalue weighted by Crippen LogP contribution is 2.65. The van der Waals surface area contributed by atoms with Crippen molar-refractivity contribution in [2.24, 2.45) is 17.1 Å². The minimum absolute atomic E-state index is 0.833. The molecule has 2 atom stereocenters. The van der Waals surface area contributed by atoms with E-state index in [1.807, 2.05) is 0 Å². The van der Waals surface area contributed by atoms with E-state index in [1.165, 1.54) is 38.5 Å². The molecule has 0 radical (unpaired) electrons. The fourth-order valence-corrected chi connectivity index (χ4v) is 2.73. The monoisotopic (exact) mass is 139 g/mol. The fraction of sp³-hybridized carbons (Fsp3) is 1.00. The van der Waals surface area contributed by atoms with Crippen LogP contribution in [0.15, 0.2) is 0 Å². The Kier molecular flexibility index (Phi) is 1.48. The van der Waals surface area contributed by atoms with Crippen molar-refractivity contribution >= 4 is 0 Å². The first-order valence-corrected chi connectivity index (χ1v) is 4.57. The molecule has 0 aromatic carbocycles. The quantitative estimate of drug-likeness (QED) is 0.635. The van der Waals surface area contributed by atoms with E-state index >= 15 is 0 Å². The number of hydrogen-bond donors (Lipinski definition) is 1. The van der Waals surface area contributed by atoms with Crippen LogP contribution in [0, 0.1) is 11.3 Å². The summed E-state index contributed by atoms with van der Waals surface area (Å²) in [6.07, 6.45) is 8.75. The molecule has 0 aromatic heterocycles. The van der Waals surface area contributed by atoms with Gasteiger partial charge in [-0.2, -0.15) is 0 Å². The van der Waals surface area contributed by atoms with Gasteiger partial charge in [0.05, 0.1) is 0 Å². The van der Waals surface area contributed by atoms with Crippen LogP contribution >= 0.6 is 0 Å². The summed E-state index contributed by atoms with van der Waals surface area (Å²) in [5, 5.41) is 0. The molecule has 1 heteroatoms. The lowest BCUT2D eigenvalue weighted by atomic mass is 9.97. The van der Waals surface area contributed by atoms with Crippen LogP contribution in [0.1, 0.15) is 38.5 Å². The maximum Gasteiger partial charge on any atom is -0.00771 e. The molecule has 10 heavy (non-hydrogen) atoms. The molecule has 0 aliphatic heterocycles. The summed E-state index contributed by atoms with van der Waals surface area (Å²) < 4.78 is 0. The normalized spacial score (nSPS) is 43.5. The maximum absolute atomic E-state index is 5.48. The Morgan fingerprint density at radius 3 is 2.90 bits per heavy atom. The zero-order valence-corrected chi connectivity index (χ0v) is 6.60. The molecule has 0 saturated heterocycles. The van der Waals surface area contributed by atoms with Gasteiger partial charge in [0, 0.05) is 0 Å². The maximum atomic E-state index is 5.48. The lowest BCUT2D eigenvalue weighted by Crippen LogP contribution is -2.04. The Morgan fingerprint density at radius 1 is 1.50 bits per heavy atom. The first-order chi connectivity index (χ1) is 4.87. The average molecular weight is 139 g/mol. The number of hydrogen-bond acceptors (Lipinski definition) is 1. The summed E-state index contributed by atoms with van der Waals surface area (Å²) in [6.45, 7) is 0.897. The summed E-state index contributed by atoms with van der Waals surface area (Å²) in [4.78, 5) is 0. The molecule has 1 nitrogen and oxygen atoms in total. The van der Waals surface area contributed by atoms with Crippen molar-refractivity contribution in [2.45, 2.75) is 38.5 Å². The van der Waals surface area contributed by atoms with Crippen molar-refractivity contribution in [3.8, 4) is 0 Å². The van der Waals surface area contributed by atoms with E-state index in [1.54, 1.807) is 0 Å². The van der Waals surface area contributed by atoms with E-state index in [0.717, 1.165) is 17.9 Å². The van der Waals surface area contributed by atoms with E-state index in [0.29, 0.717) is 0 Å². The van der Waals surface area contributed by atoms with Gasteiger partial charge in [0.2, 0.25) is 0 Å². The molecule has 2 N–H and O–H groups in total. The van der Waals surface area contributed by atoms with Crippen molar-refractivity contribution in [3.05, 3.63) is 0 Å². The Hall–Kier alpha value is -0.0400. The summed E-state index contributed by atoms with van der Waals surface area (Å²) in [7, 11) is 0. The highest BCUT2D eigenvalue weighted by Gasteiger charge is 2.55. The standard InChI is InChI=1S/C9H17N/c10-6-2-5-9-4-1-3-8(9)7-9/h8H,1-7,10H2. The van der Waals surface area contributed by atoms with Gasteiger partial charge in [-0.05, 0) is 50.0 Å². The van der Waals surface area contributed by atoms with Crippen LogP contribution in [0.4, 0.5) is 0 Å². The molecule has 2 fully saturated rings. The van der Waals surface area contributed by atoms with Crippen molar-refractivity contribution < 1.29 is 0 Å². The molecule has 58 valence electrons. The van der Waals surface area contributed by atoms with Gasteiger partial charge in [-0.3, -0.25) is 0 Å². The van der Waals surface area contributed by atoms with E-state index < -0.39 is 0 Å². The molecular weight excluding hydrogens is 122 g/mol. The van der Waals surface area contributed by atoms with Gasteiger partial charge in [-0.15, -0.1) is 0 Å². The van der Waals surface area contributed by atoms with Crippen molar-refractivity contribution in [1.82, 2.24) is 0 Å². The summed E-state index contributed by atoms with van der Waals surface area (Å²) in [6, 6.07) is 0. The molecule has 2 rings (SSSR count). The average Bonchev–Trinajstić information content (AvgIpc) is 2.51. The Labute approximate surface area is 63.0 Å². The Balaban J connectivity index is 1.82. The van der Waals surface area contributed by atoms with Gasteiger partial charge in [0.1, 0.15) is 0 Å². The minimum atomic E-state index is 0.833. The van der Waals surface area contributed by atoms with E-state index in [9.17, 15) is 0 Å². The Morgan fingerprint density at radius 2 is 2.40 bits per heavy atom. The molecule has 2 aliphatic carbocycles. The highest BCUT2D eigenvalue weighted by atomic mass is 14.6. The Bertz CT molecular complexity index is 133. The lowest BCUT2D eigenvalue weighted by Gasteiger charge is -2.09. The molecule has 0 aromatic rings. The second kappa shape index (κ2) is 2.23. The van der Waals surface area contributed by atoms with Gasteiger partial charge in [0.15, 0.2) is 0 Å². The molecule has 0 spiro atoms. The zero-order chi connectivity index (χ0) is 7.03. The van der Waals surface area contributed by atoms with Crippen molar-refractivity contribution in [1.29, 1.82) is 0 Å². The van der Waals surface area contributed by atoms with Gasteiger partial charge >= 0.3 is 0 Å². The topological polar surface area (TPSA) is 26.0 Å². The van der Waals surface area contributed by atoms with E-state index in [2.05, 4.69) is 0 Å². The molecule has 0 bridgehead atoms. The largest absolute Gasteiger partial charge is 0.330 e. The third kappa shape index (κ3) is 0.878. The minimum Gasteiger partial charge on any atom is -0.330 e. The second-order valence-corrected chi connectivity index (χ2v) is 4.05. The molecule has 0 amide bonds. The van der Waals surface area contributed by atoms with Crippen LogP contribution in [0.5, 0.6) is 0 Å². The van der Waals surface area contributed by atoms with Gasteiger partial charge in [-0.1, -0.05) is 6.42 Å². The fourth-order valence-electron chi connectivity index (χ4n) is 2.73. The van der Waals surface area contributed by atoms with Gasteiger partial charge in [-0.25, -0.2) is 0 Å². The SMILES string of the molecule is NCCCC12CCCC1C2. The van der Waals surface area contributed by atoms with Crippen LogP contribution < -0.4 is 5.73 Å². The number of rotatable bonds is 3. The van der Waals surface area contributed by atoms with Crippen molar-refractivity contribution in [2.75, 3.05) is 6.54 Å². The highest BCUT2D eigenvalue weighted by molar-refractivity contribution is 5.05. The summed E-state index contributed by atoms with van der Waals surface area (Å²) in [5.41, 5.74) is 6.32. The molecular formula is C9H17N. The van der Waals surface area contributed by atoms with Crippen LogP contribution in [0.3, 0.4) is 0 Å². The molecule has 2 unspecified atom stereocenters. The number of nitrogens with two attached hydrogens (primary N) is 1. The summed E-state index contributed by atoms with van der Waals surface area (Å²) >= 11 is 0. The van der Waals surface area contributed by atoms with Crippen LogP contribution in [0.25, 0.3) is 0 Å². The van der Waals surface area contributed by atoms with Gasteiger partial charge < -0.3 is 5.73 Å². The third-order valence-electron chi connectivity index (χ3n) is 3.46. The third-order valence-corrected chi connectivity index (χ3v) is 3.46. The molecule has 0 heterocycles. The van der Waals surface area contributed by atoms with Gasteiger partial charge in [0.25, 0.3) is 0 Å². The predicted molar refractivity (Wildman–Crippen MR) is 42.7 cm³/mol. The second-order valence-electron chi connectivity index (χ2n) is 4.05. The molecule has 2 saturated carbocycles. The predicted octanol–water partition coefficient (Wildman–Crippen LogP) is 1.92. The van der Waals surface area contributed by atoms with Crippen molar-refractivity contribution in [3.63, 3.8) is 0 Å². The molecule has 2 aliphatic rings. The first kappa shape index (κ1) is 6.66.